The number of unbranched alkanes of at least 4 members (excludes halogenated alkanes) is 1. The molecule has 0 saturated heterocycles. The molecule has 0 aromatic carbocycles. The molecule has 0 atom stereocenters. The molecule has 6 nitrogen and oxygen atoms in total. The van der Waals surface area contributed by atoms with Crippen molar-refractivity contribution in [1.29, 1.82) is 0 Å². The lowest BCUT2D eigenvalue weighted by molar-refractivity contribution is 0.710. The molecule has 0 spiro atoms. The third-order valence-corrected chi connectivity index (χ3v) is 4.53. The Morgan fingerprint density at radius 2 is 2.04 bits per heavy atom. The van der Waals surface area contributed by atoms with Crippen molar-refractivity contribution in [3.63, 3.8) is 0 Å². The Balaban J connectivity index is 1.58. The quantitative estimate of drug-likeness (QED) is 0.364. The van der Waals surface area contributed by atoms with E-state index in [1.165, 1.54) is 0 Å². The molecule has 3 N–H and O–H groups in total. The van der Waals surface area contributed by atoms with Crippen LogP contribution in [0.1, 0.15) is 43.3 Å². The van der Waals surface area contributed by atoms with Crippen LogP contribution in [0.15, 0.2) is 34.8 Å². The summed E-state index contributed by atoms with van der Waals surface area (Å²) in [6, 6.07) is 5.88. The molecule has 0 bridgehead atoms. The van der Waals surface area contributed by atoms with Gasteiger partial charge in [-0.3, -0.25) is 4.99 Å². The first-order valence-corrected chi connectivity index (χ1v) is 9.60. The molecule has 2 heterocycles. The zero-order chi connectivity index (χ0) is 17.9. The third kappa shape index (κ3) is 7.09. The smallest absolute Gasteiger partial charge is 0.191 e. The number of hydrogen-bond acceptors (Lipinski definition) is 5. The van der Waals surface area contributed by atoms with Crippen molar-refractivity contribution in [3.05, 3.63) is 40.5 Å². The van der Waals surface area contributed by atoms with Gasteiger partial charge in [-0.1, -0.05) is 19.9 Å². The number of aromatic nitrogens is 2. The molecule has 136 valence electrons. The number of pyridine rings is 1. The van der Waals surface area contributed by atoms with Crippen LogP contribution in [0.4, 0.5) is 5.82 Å². The predicted molar refractivity (Wildman–Crippen MR) is 106 cm³/mol. The number of hydrogen-bond donors (Lipinski definition) is 3. The molecule has 2 rings (SSSR count). The topological polar surface area (TPSA) is 74.2 Å². The minimum absolute atomic E-state index is 0.474. The summed E-state index contributed by atoms with van der Waals surface area (Å²) in [5.41, 5.74) is 1.16. The van der Waals surface area contributed by atoms with E-state index in [1.54, 1.807) is 24.6 Å². The molecule has 0 aliphatic heterocycles. The maximum absolute atomic E-state index is 4.62. The van der Waals surface area contributed by atoms with Gasteiger partial charge in [-0.05, 0) is 30.9 Å². The van der Waals surface area contributed by atoms with E-state index in [9.17, 15) is 0 Å². The van der Waals surface area contributed by atoms with Crippen LogP contribution in [0.3, 0.4) is 0 Å². The van der Waals surface area contributed by atoms with Gasteiger partial charge in [0.25, 0.3) is 0 Å². The van der Waals surface area contributed by atoms with Gasteiger partial charge in [-0.25, -0.2) is 9.97 Å². The minimum atomic E-state index is 0.474. The van der Waals surface area contributed by atoms with E-state index in [0.29, 0.717) is 12.5 Å². The van der Waals surface area contributed by atoms with Gasteiger partial charge in [-0.15, -0.1) is 11.3 Å². The zero-order valence-corrected chi connectivity index (χ0v) is 16.1. The van der Waals surface area contributed by atoms with Gasteiger partial charge >= 0.3 is 0 Å². The van der Waals surface area contributed by atoms with E-state index in [0.717, 1.165) is 48.4 Å². The fourth-order valence-electron chi connectivity index (χ4n) is 2.19. The highest BCUT2D eigenvalue weighted by atomic mass is 32.1. The maximum atomic E-state index is 4.62. The summed E-state index contributed by atoms with van der Waals surface area (Å²) >= 11 is 1.69. The summed E-state index contributed by atoms with van der Waals surface area (Å²) in [6.07, 6.45) is 3.94. The van der Waals surface area contributed by atoms with E-state index in [-0.39, 0.29) is 0 Å². The molecule has 7 heteroatoms. The van der Waals surface area contributed by atoms with Crippen LogP contribution >= 0.6 is 11.3 Å². The number of thiazole rings is 1. The molecule has 25 heavy (non-hydrogen) atoms. The van der Waals surface area contributed by atoms with Crippen LogP contribution < -0.4 is 16.0 Å². The van der Waals surface area contributed by atoms with Gasteiger partial charge in [0.1, 0.15) is 10.8 Å². The summed E-state index contributed by atoms with van der Waals surface area (Å²) in [5, 5.41) is 13.2. The highest BCUT2D eigenvalue weighted by molar-refractivity contribution is 7.09. The van der Waals surface area contributed by atoms with Crippen molar-refractivity contribution in [2.45, 2.75) is 39.2 Å². The predicted octanol–water partition coefficient (Wildman–Crippen LogP) is 3.22. The van der Waals surface area contributed by atoms with E-state index >= 15 is 0 Å². The van der Waals surface area contributed by atoms with Crippen molar-refractivity contribution in [3.8, 4) is 0 Å². The summed E-state index contributed by atoms with van der Waals surface area (Å²) in [5.74, 6) is 2.22. The Morgan fingerprint density at radius 1 is 1.20 bits per heavy atom. The number of rotatable bonds is 9. The first-order chi connectivity index (χ1) is 12.2. The molecule has 0 amide bonds. The largest absolute Gasteiger partial charge is 0.370 e. The van der Waals surface area contributed by atoms with Gasteiger partial charge < -0.3 is 16.0 Å². The highest BCUT2D eigenvalue weighted by Crippen LogP contribution is 2.17. The van der Waals surface area contributed by atoms with E-state index in [4.69, 9.17) is 0 Å². The van der Waals surface area contributed by atoms with Crippen molar-refractivity contribution in [1.82, 2.24) is 20.6 Å². The number of guanidine groups is 1. The maximum Gasteiger partial charge on any atom is 0.191 e. The average molecular weight is 361 g/mol. The Bertz CT molecular complexity index is 638. The molecule has 2 aromatic rings. The van der Waals surface area contributed by atoms with Crippen LogP contribution in [0.2, 0.25) is 0 Å². The summed E-state index contributed by atoms with van der Waals surface area (Å²) in [7, 11) is 1.79. The monoisotopic (exact) mass is 360 g/mol. The molecule has 0 unspecified atom stereocenters. The molecule has 0 fully saturated rings. The van der Waals surface area contributed by atoms with E-state index in [1.807, 2.05) is 18.2 Å². The Morgan fingerprint density at radius 3 is 2.72 bits per heavy atom. The molecule has 0 saturated carbocycles. The normalized spacial score (nSPS) is 11.6. The molecule has 0 aliphatic rings. The summed E-state index contributed by atoms with van der Waals surface area (Å²) in [4.78, 5) is 13.1. The van der Waals surface area contributed by atoms with Crippen molar-refractivity contribution < 1.29 is 0 Å². The second-order valence-corrected chi connectivity index (χ2v) is 6.96. The Hall–Kier alpha value is -2.15. The lowest BCUT2D eigenvalue weighted by Gasteiger charge is -2.11. The zero-order valence-electron chi connectivity index (χ0n) is 15.2. The van der Waals surface area contributed by atoms with Crippen LogP contribution in [0.5, 0.6) is 0 Å². The minimum Gasteiger partial charge on any atom is -0.370 e. The molecule has 0 radical (unpaired) electrons. The number of anilines is 1. The number of aliphatic imine (C=N–C) groups is 1. The van der Waals surface area contributed by atoms with Gasteiger partial charge in [-0.2, -0.15) is 0 Å². The lowest BCUT2D eigenvalue weighted by Crippen LogP contribution is -2.37. The molecular formula is C18H28N6S. The molecule has 2 aromatic heterocycles. The fourth-order valence-corrected chi connectivity index (χ4v) is 3.09. The third-order valence-electron chi connectivity index (χ3n) is 3.66. The first kappa shape index (κ1) is 19.2. The van der Waals surface area contributed by atoms with Gasteiger partial charge in [0.2, 0.25) is 0 Å². The fraction of sp³-hybridized carbons (Fsp3) is 0.500. The summed E-state index contributed by atoms with van der Waals surface area (Å²) < 4.78 is 0. The van der Waals surface area contributed by atoms with Crippen LogP contribution in [-0.4, -0.2) is 36.1 Å². The van der Waals surface area contributed by atoms with Crippen LogP contribution in [0, 0.1) is 0 Å². The highest BCUT2D eigenvalue weighted by Gasteiger charge is 2.06. The second-order valence-electron chi connectivity index (χ2n) is 6.02. The van der Waals surface area contributed by atoms with E-state index in [2.05, 4.69) is 50.1 Å². The Labute approximate surface area is 154 Å². The van der Waals surface area contributed by atoms with Crippen molar-refractivity contribution in [2.75, 3.05) is 25.5 Å². The van der Waals surface area contributed by atoms with Gasteiger partial charge in [0, 0.05) is 31.7 Å². The standard InChI is InChI=1S/C18H28N6S/c1-14(2)15-13-25-17(24-15)12-23-18(19-3)22-11-7-6-10-21-16-8-4-5-9-20-16/h4-5,8-9,13-14H,6-7,10-12H2,1-3H3,(H,20,21)(H2,19,22,23). The molecular weight excluding hydrogens is 332 g/mol. The van der Waals surface area contributed by atoms with Crippen LogP contribution in [-0.2, 0) is 6.54 Å². The van der Waals surface area contributed by atoms with Crippen molar-refractivity contribution in [2.24, 2.45) is 4.99 Å². The average Bonchev–Trinajstić information content (AvgIpc) is 3.11. The summed E-state index contributed by atoms with van der Waals surface area (Å²) in [6.45, 7) is 6.84. The van der Waals surface area contributed by atoms with Gasteiger partial charge in [0.15, 0.2) is 5.96 Å². The number of nitrogens with one attached hydrogen (secondary N) is 3. The first-order valence-electron chi connectivity index (χ1n) is 8.72. The van der Waals surface area contributed by atoms with E-state index < -0.39 is 0 Å². The van der Waals surface area contributed by atoms with Crippen molar-refractivity contribution >= 4 is 23.1 Å². The lowest BCUT2D eigenvalue weighted by atomic mass is 10.2. The Kier molecular flexibility index (Phi) is 8.18. The molecule has 0 aliphatic carbocycles. The van der Waals surface area contributed by atoms with Crippen LogP contribution in [0.25, 0.3) is 0 Å². The SMILES string of the molecule is CN=C(NCCCCNc1ccccn1)NCc1nc(C(C)C)cs1. The second kappa shape index (κ2) is 10.7. The number of nitrogens with zero attached hydrogens (tertiary/aromatic N) is 3. The van der Waals surface area contributed by atoms with Gasteiger partial charge in [0.05, 0.1) is 12.2 Å².